The number of nitrogens with one attached hydrogen (secondary N) is 2. The summed E-state index contributed by atoms with van der Waals surface area (Å²) in [6.07, 6.45) is 0. The third kappa shape index (κ3) is 3.58. The van der Waals surface area contributed by atoms with E-state index in [1.807, 2.05) is 0 Å². The van der Waals surface area contributed by atoms with Crippen molar-refractivity contribution in [2.75, 3.05) is 18.4 Å². The predicted octanol–water partition coefficient (Wildman–Crippen LogP) is -0.0633. The standard InChI is InChI=1S/C16H16FN5O3/c1-21-13(11(9-18)15(24)22(2)16(21)25)19-7-8-20-14(23)10-5-3-4-6-12(10)17/h3-6,19H,7-8H2,1-2H3,(H,20,23). The molecule has 2 rings (SSSR count). The Bertz CT molecular complexity index is 971. The van der Waals surface area contributed by atoms with Gasteiger partial charge in [0.2, 0.25) is 0 Å². The van der Waals surface area contributed by atoms with Gasteiger partial charge in [-0.05, 0) is 12.1 Å². The molecule has 8 nitrogen and oxygen atoms in total. The number of hydrogen-bond acceptors (Lipinski definition) is 5. The van der Waals surface area contributed by atoms with Crippen LogP contribution < -0.4 is 21.9 Å². The summed E-state index contributed by atoms with van der Waals surface area (Å²) in [6, 6.07) is 7.33. The summed E-state index contributed by atoms with van der Waals surface area (Å²) in [4.78, 5) is 35.7. The maximum Gasteiger partial charge on any atom is 0.332 e. The minimum atomic E-state index is -0.705. The van der Waals surface area contributed by atoms with E-state index >= 15 is 0 Å². The molecule has 0 saturated carbocycles. The summed E-state index contributed by atoms with van der Waals surface area (Å²) >= 11 is 0. The number of nitrogens with zero attached hydrogens (tertiary/aromatic N) is 3. The molecule has 0 radical (unpaired) electrons. The Morgan fingerprint density at radius 1 is 1.20 bits per heavy atom. The molecule has 130 valence electrons. The van der Waals surface area contributed by atoms with Gasteiger partial charge in [-0.3, -0.25) is 18.7 Å². The molecule has 1 amide bonds. The van der Waals surface area contributed by atoms with Gasteiger partial charge in [0, 0.05) is 27.2 Å². The Morgan fingerprint density at radius 2 is 1.88 bits per heavy atom. The van der Waals surface area contributed by atoms with Crippen molar-refractivity contribution in [3.05, 3.63) is 62.0 Å². The molecular formula is C16H16FN5O3. The first-order chi connectivity index (χ1) is 11.9. The highest BCUT2D eigenvalue weighted by Crippen LogP contribution is 2.07. The van der Waals surface area contributed by atoms with E-state index in [2.05, 4.69) is 10.6 Å². The third-order valence-electron chi connectivity index (χ3n) is 3.60. The molecule has 1 aromatic heterocycles. The van der Waals surface area contributed by atoms with E-state index in [0.29, 0.717) is 0 Å². The van der Waals surface area contributed by atoms with Crippen LogP contribution in [-0.2, 0) is 14.1 Å². The van der Waals surface area contributed by atoms with E-state index in [9.17, 15) is 18.8 Å². The summed E-state index contributed by atoms with van der Waals surface area (Å²) in [5.74, 6) is -1.15. The van der Waals surface area contributed by atoms with E-state index < -0.39 is 23.0 Å². The number of carbonyl (C=O) groups excluding carboxylic acids is 1. The number of anilines is 1. The van der Waals surface area contributed by atoms with Gasteiger partial charge in [-0.15, -0.1) is 0 Å². The molecule has 0 spiro atoms. The zero-order valence-electron chi connectivity index (χ0n) is 13.7. The Balaban J connectivity index is 2.07. The maximum atomic E-state index is 13.5. The van der Waals surface area contributed by atoms with Crippen LogP contribution in [-0.4, -0.2) is 28.1 Å². The fourth-order valence-corrected chi connectivity index (χ4v) is 2.25. The van der Waals surface area contributed by atoms with E-state index in [-0.39, 0.29) is 30.0 Å². The summed E-state index contributed by atoms with van der Waals surface area (Å²) < 4.78 is 15.5. The molecule has 0 atom stereocenters. The van der Waals surface area contributed by atoms with Crippen molar-refractivity contribution in [1.29, 1.82) is 5.26 Å². The van der Waals surface area contributed by atoms with Gasteiger partial charge in [0.05, 0.1) is 5.56 Å². The van der Waals surface area contributed by atoms with Crippen LogP contribution in [0.5, 0.6) is 0 Å². The van der Waals surface area contributed by atoms with Crippen molar-refractivity contribution in [3.8, 4) is 6.07 Å². The van der Waals surface area contributed by atoms with Gasteiger partial charge in [-0.2, -0.15) is 5.26 Å². The molecule has 0 bridgehead atoms. The average molecular weight is 345 g/mol. The third-order valence-corrected chi connectivity index (χ3v) is 3.60. The molecule has 2 N–H and O–H groups in total. The van der Waals surface area contributed by atoms with Gasteiger partial charge in [0.15, 0.2) is 5.56 Å². The van der Waals surface area contributed by atoms with E-state index in [4.69, 9.17) is 5.26 Å². The monoisotopic (exact) mass is 345 g/mol. The molecule has 25 heavy (non-hydrogen) atoms. The lowest BCUT2D eigenvalue weighted by molar-refractivity contribution is 0.0951. The van der Waals surface area contributed by atoms with Crippen LogP contribution >= 0.6 is 0 Å². The number of aromatic nitrogens is 2. The highest BCUT2D eigenvalue weighted by molar-refractivity contribution is 5.94. The number of benzene rings is 1. The number of halogens is 1. The van der Waals surface area contributed by atoms with E-state index in [0.717, 1.165) is 9.13 Å². The van der Waals surface area contributed by atoms with Crippen LogP contribution in [0.15, 0.2) is 33.9 Å². The van der Waals surface area contributed by atoms with Crippen molar-refractivity contribution in [3.63, 3.8) is 0 Å². The average Bonchev–Trinajstić information content (AvgIpc) is 2.61. The normalized spacial score (nSPS) is 10.2. The molecule has 0 aliphatic rings. The topological polar surface area (TPSA) is 109 Å². The van der Waals surface area contributed by atoms with Gasteiger partial charge in [-0.25, -0.2) is 9.18 Å². The Labute approximate surface area is 142 Å². The lowest BCUT2D eigenvalue weighted by Crippen LogP contribution is -2.40. The molecule has 1 aromatic carbocycles. The minimum absolute atomic E-state index is 0.0655. The second-order valence-electron chi connectivity index (χ2n) is 5.20. The Hall–Kier alpha value is -3.41. The fraction of sp³-hybridized carbons (Fsp3) is 0.250. The molecule has 0 unspecified atom stereocenters. The lowest BCUT2D eigenvalue weighted by Gasteiger charge is -2.14. The van der Waals surface area contributed by atoms with Crippen LogP contribution in [0.2, 0.25) is 0 Å². The van der Waals surface area contributed by atoms with E-state index in [1.54, 1.807) is 12.1 Å². The summed E-state index contributed by atoms with van der Waals surface area (Å²) in [6.45, 7) is 0.233. The molecule has 9 heteroatoms. The summed E-state index contributed by atoms with van der Waals surface area (Å²) in [5, 5.41) is 14.4. The SMILES string of the molecule is Cn1c(NCCNC(=O)c2ccccc2F)c(C#N)c(=O)n(C)c1=O. The van der Waals surface area contributed by atoms with Crippen molar-refractivity contribution in [2.45, 2.75) is 0 Å². The van der Waals surface area contributed by atoms with Crippen molar-refractivity contribution in [2.24, 2.45) is 14.1 Å². The molecule has 0 fully saturated rings. The van der Waals surface area contributed by atoms with Crippen LogP contribution in [0.1, 0.15) is 15.9 Å². The van der Waals surface area contributed by atoms with Gasteiger partial charge >= 0.3 is 5.69 Å². The number of amides is 1. The zero-order chi connectivity index (χ0) is 18.6. The quantitative estimate of drug-likeness (QED) is 0.738. The van der Waals surface area contributed by atoms with Crippen LogP contribution in [0.25, 0.3) is 0 Å². The Kier molecular flexibility index (Phi) is 5.34. The smallest absolute Gasteiger partial charge is 0.332 e. The van der Waals surface area contributed by atoms with Gasteiger partial charge in [0.25, 0.3) is 11.5 Å². The van der Waals surface area contributed by atoms with E-state index in [1.165, 1.54) is 32.3 Å². The molecule has 0 saturated heterocycles. The number of hydrogen-bond donors (Lipinski definition) is 2. The van der Waals surface area contributed by atoms with Crippen molar-refractivity contribution < 1.29 is 9.18 Å². The van der Waals surface area contributed by atoms with Crippen LogP contribution in [0.4, 0.5) is 10.2 Å². The summed E-state index contributed by atoms with van der Waals surface area (Å²) in [7, 11) is 2.70. The number of rotatable bonds is 5. The predicted molar refractivity (Wildman–Crippen MR) is 88.9 cm³/mol. The van der Waals surface area contributed by atoms with Crippen LogP contribution in [0, 0.1) is 17.1 Å². The van der Waals surface area contributed by atoms with Crippen LogP contribution in [0.3, 0.4) is 0 Å². The van der Waals surface area contributed by atoms with Gasteiger partial charge in [-0.1, -0.05) is 12.1 Å². The molecule has 1 heterocycles. The highest BCUT2D eigenvalue weighted by Gasteiger charge is 2.15. The first-order valence-corrected chi connectivity index (χ1v) is 7.35. The van der Waals surface area contributed by atoms with Crippen molar-refractivity contribution >= 4 is 11.7 Å². The molecule has 2 aromatic rings. The minimum Gasteiger partial charge on any atom is -0.368 e. The summed E-state index contributed by atoms with van der Waals surface area (Å²) in [5.41, 5.74) is -1.57. The fourth-order valence-electron chi connectivity index (χ4n) is 2.25. The molecule has 0 aliphatic carbocycles. The van der Waals surface area contributed by atoms with Gasteiger partial charge < -0.3 is 10.6 Å². The number of carbonyl (C=O) groups is 1. The maximum absolute atomic E-state index is 13.5. The molecule has 0 aliphatic heterocycles. The Morgan fingerprint density at radius 3 is 2.52 bits per heavy atom. The first kappa shape index (κ1) is 17.9. The number of nitriles is 1. The highest BCUT2D eigenvalue weighted by atomic mass is 19.1. The first-order valence-electron chi connectivity index (χ1n) is 7.35. The van der Waals surface area contributed by atoms with Gasteiger partial charge in [0.1, 0.15) is 17.7 Å². The second kappa shape index (κ2) is 7.44. The zero-order valence-corrected chi connectivity index (χ0v) is 13.7. The molecular weight excluding hydrogens is 329 g/mol. The largest absolute Gasteiger partial charge is 0.368 e. The van der Waals surface area contributed by atoms with Crippen molar-refractivity contribution in [1.82, 2.24) is 14.5 Å². The lowest BCUT2D eigenvalue weighted by atomic mass is 10.2. The second-order valence-corrected chi connectivity index (χ2v) is 5.20.